The molecule has 0 unspecified atom stereocenters. The molecule has 4 heteroatoms. The van der Waals surface area contributed by atoms with Gasteiger partial charge in [-0.15, -0.1) is 0 Å². The molecule has 4 nitrogen and oxygen atoms in total. The highest BCUT2D eigenvalue weighted by Crippen LogP contribution is 1.91. The summed E-state index contributed by atoms with van der Waals surface area (Å²) in [5.74, 6) is 0. The lowest BCUT2D eigenvalue weighted by atomic mass is 10.3. The summed E-state index contributed by atoms with van der Waals surface area (Å²) >= 11 is 0. The summed E-state index contributed by atoms with van der Waals surface area (Å²) in [6.07, 6.45) is 4.07. The molecule has 0 fully saturated rings. The first-order chi connectivity index (χ1) is 7.83. The second-order valence-electron chi connectivity index (χ2n) is 3.84. The molecule has 0 saturated heterocycles. The van der Waals surface area contributed by atoms with Gasteiger partial charge in [-0.25, -0.2) is 0 Å². The summed E-state index contributed by atoms with van der Waals surface area (Å²) in [5, 5.41) is 6.69. The molecule has 0 aliphatic heterocycles. The van der Waals surface area contributed by atoms with E-state index in [9.17, 15) is 4.79 Å². The summed E-state index contributed by atoms with van der Waals surface area (Å²) in [6, 6.07) is 3.40. The van der Waals surface area contributed by atoms with Crippen molar-refractivity contribution in [1.82, 2.24) is 15.6 Å². The number of aromatic nitrogens is 1. The van der Waals surface area contributed by atoms with E-state index >= 15 is 0 Å². The summed E-state index contributed by atoms with van der Waals surface area (Å²) in [6.45, 7) is 6.13. The monoisotopic (exact) mass is 223 g/mol. The highest BCUT2D eigenvalue weighted by molar-refractivity contribution is 5.07. The molecule has 1 aromatic heterocycles. The Balaban J connectivity index is 2.03. The zero-order chi connectivity index (χ0) is 11.6. The third-order valence-electron chi connectivity index (χ3n) is 2.31. The molecule has 0 spiro atoms. The predicted molar refractivity (Wildman–Crippen MR) is 66.5 cm³/mol. The van der Waals surface area contributed by atoms with E-state index in [0.717, 1.165) is 38.2 Å². The smallest absolute Gasteiger partial charge is 0.247 e. The van der Waals surface area contributed by atoms with Crippen LogP contribution in [0.1, 0.15) is 25.3 Å². The minimum Gasteiger partial charge on any atom is -0.329 e. The molecular weight excluding hydrogens is 202 g/mol. The van der Waals surface area contributed by atoms with Crippen LogP contribution in [0.2, 0.25) is 0 Å². The molecule has 90 valence electrons. The Morgan fingerprint density at radius 2 is 2.00 bits per heavy atom. The van der Waals surface area contributed by atoms with Crippen molar-refractivity contribution in [2.24, 2.45) is 0 Å². The zero-order valence-electron chi connectivity index (χ0n) is 9.88. The van der Waals surface area contributed by atoms with Crippen molar-refractivity contribution in [2.45, 2.75) is 26.3 Å². The molecule has 0 amide bonds. The lowest BCUT2D eigenvalue weighted by Gasteiger charge is -2.05. The molecule has 1 heterocycles. The Labute approximate surface area is 96.5 Å². The lowest BCUT2D eigenvalue weighted by Crippen LogP contribution is -2.22. The van der Waals surface area contributed by atoms with Crippen LogP contribution in [0.4, 0.5) is 0 Å². The van der Waals surface area contributed by atoms with Gasteiger partial charge in [-0.05, 0) is 38.0 Å². The Hall–Kier alpha value is -1.13. The van der Waals surface area contributed by atoms with Crippen molar-refractivity contribution in [3.05, 3.63) is 34.2 Å². The van der Waals surface area contributed by atoms with Crippen LogP contribution in [0.3, 0.4) is 0 Å². The summed E-state index contributed by atoms with van der Waals surface area (Å²) in [4.78, 5) is 13.5. The molecule has 0 saturated carbocycles. The van der Waals surface area contributed by atoms with Gasteiger partial charge in [0.05, 0.1) is 0 Å². The molecule has 16 heavy (non-hydrogen) atoms. The van der Waals surface area contributed by atoms with Gasteiger partial charge in [0, 0.05) is 18.8 Å². The Morgan fingerprint density at radius 3 is 2.69 bits per heavy atom. The number of rotatable bonds is 8. The Kier molecular flexibility index (Phi) is 6.53. The van der Waals surface area contributed by atoms with Crippen molar-refractivity contribution in [3.8, 4) is 0 Å². The third-order valence-corrected chi connectivity index (χ3v) is 2.31. The Morgan fingerprint density at radius 1 is 1.19 bits per heavy atom. The van der Waals surface area contributed by atoms with Gasteiger partial charge in [-0.2, -0.15) is 0 Å². The molecule has 1 aromatic rings. The summed E-state index contributed by atoms with van der Waals surface area (Å²) < 4.78 is 0. The highest BCUT2D eigenvalue weighted by Gasteiger charge is 1.92. The first kappa shape index (κ1) is 12.9. The first-order valence-electron chi connectivity index (χ1n) is 5.92. The van der Waals surface area contributed by atoms with Crippen LogP contribution >= 0.6 is 0 Å². The van der Waals surface area contributed by atoms with Crippen LogP contribution in [0.25, 0.3) is 0 Å². The van der Waals surface area contributed by atoms with Gasteiger partial charge in [-0.1, -0.05) is 13.0 Å². The van der Waals surface area contributed by atoms with E-state index < -0.39 is 0 Å². The molecule has 0 atom stereocenters. The molecule has 0 aliphatic carbocycles. The second kappa shape index (κ2) is 8.07. The maximum absolute atomic E-state index is 10.8. The average molecular weight is 223 g/mol. The average Bonchev–Trinajstić information content (AvgIpc) is 2.30. The van der Waals surface area contributed by atoms with E-state index in [1.54, 1.807) is 12.3 Å². The normalized spacial score (nSPS) is 10.6. The number of hydrogen-bond donors (Lipinski definition) is 3. The van der Waals surface area contributed by atoms with Crippen LogP contribution in [-0.2, 0) is 6.54 Å². The van der Waals surface area contributed by atoms with E-state index in [1.165, 1.54) is 6.42 Å². The fourth-order valence-corrected chi connectivity index (χ4v) is 1.43. The van der Waals surface area contributed by atoms with Crippen LogP contribution in [0.15, 0.2) is 23.1 Å². The molecule has 1 rings (SSSR count). The summed E-state index contributed by atoms with van der Waals surface area (Å²) in [5.41, 5.74) is 1.06. The van der Waals surface area contributed by atoms with Crippen LogP contribution in [-0.4, -0.2) is 24.6 Å². The van der Waals surface area contributed by atoms with Gasteiger partial charge in [0.15, 0.2) is 0 Å². The van der Waals surface area contributed by atoms with E-state index in [0.29, 0.717) is 0 Å². The minimum atomic E-state index is -0.0486. The highest BCUT2D eigenvalue weighted by atomic mass is 16.1. The van der Waals surface area contributed by atoms with Gasteiger partial charge >= 0.3 is 0 Å². The van der Waals surface area contributed by atoms with Gasteiger partial charge < -0.3 is 15.6 Å². The molecular formula is C12H21N3O. The van der Waals surface area contributed by atoms with Crippen molar-refractivity contribution < 1.29 is 0 Å². The molecule has 3 N–H and O–H groups in total. The molecule has 0 radical (unpaired) electrons. The van der Waals surface area contributed by atoms with Gasteiger partial charge in [0.1, 0.15) is 0 Å². The second-order valence-corrected chi connectivity index (χ2v) is 3.84. The SMILES string of the molecule is CCCNCCCNCc1ccc(=O)[nH]c1. The fraction of sp³-hybridized carbons (Fsp3) is 0.583. The Bertz CT molecular complexity index is 315. The number of H-pyrrole nitrogens is 1. The quantitative estimate of drug-likeness (QED) is 0.573. The number of nitrogens with one attached hydrogen (secondary N) is 3. The van der Waals surface area contributed by atoms with Crippen molar-refractivity contribution in [3.63, 3.8) is 0 Å². The number of pyridine rings is 1. The third kappa shape index (κ3) is 5.68. The van der Waals surface area contributed by atoms with Crippen molar-refractivity contribution in [1.29, 1.82) is 0 Å². The molecule has 0 bridgehead atoms. The first-order valence-corrected chi connectivity index (χ1v) is 5.92. The van der Waals surface area contributed by atoms with Crippen molar-refractivity contribution >= 4 is 0 Å². The van der Waals surface area contributed by atoms with Crippen LogP contribution < -0.4 is 16.2 Å². The largest absolute Gasteiger partial charge is 0.329 e. The number of hydrogen-bond acceptors (Lipinski definition) is 3. The van der Waals surface area contributed by atoms with Gasteiger partial charge in [0.2, 0.25) is 5.56 Å². The van der Waals surface area contributed by atoms with E-state index in [4.69, 9.17) is 0 Å². The van der Waals surface area contributed by atoms with Crippen molar-refractivity contribution in [2.75, 3.05) is 19.6 Å². The predicted octanol–water partition coefficient (Wildman–Crippen LogP) is 0.854. The van der Waals surface area contributed by atoms with Crippen LogP contribution in [0, 0.1) is 0 Å². The maximum Gasteiger partial charge on any atom is 0.247 e. The number of aromatic amines is 1. The standard InChI is InChI=1S/C12H21N3O/c1-2-6-13-7-3-8-14-9-11-4-5-12(16)15-10-11/h4-5,10,13-14H,2-3,6-9H2,1H3,(H,15,16). The lowest BCUT2D eigenvalue weighted by molar-refractivity contribution is 0.592. The van der Waals surface area contributed by atoms with Crippen LogP contribution in [0.5, 0.6) is 0 Å². The fourth-order valence-electron chi connectivity index (χ4n) is 1.43. The maximum atomic E-state index is 10.8. The zero-order valence-corrected chi connectivity index (χ0v) is 9.88. The molecule has 0 aromatic carbocycles. The molecule has 0 aliphatic rings. The van der Waals surface area contributed by atoms with E-state index in [2.05, 4.69) is 22.5 Å². The van der Waals surface area contributed by atoms with E-state index in [-0.39, 0.29) is 5.56 Å². The van der Waals surface area contributed by atoms with Gasteiger partial charge in [-0.3, -0.25) is 4.79 Å². The summed E-state index contributed by atoms with van der Waals surface area (Å²) in [7, 11) is 0. The minimum absolute atomic E-state index is 0.0486. The van der Waals surface area contributed by atoms with Gasteiger partial charge in [0.25, 0.3) is 0 Å². The topological polar surface area (TPSA) is 56.9 Å². The van der Waals surface area contributed by atoms with E-state index in [1.807, 2.05) is 6.07 Å².